The molecule has 3 aromatic rings. The third kappa shape index (κ3) is 4.33. The second-order valence-corrected chi connectivity index (χ2v) is 5.93. The maximum Gasteiger partial charge on any atom is 0.341 e. The molecule has 0 aliphatic rings. The van der Waals surface area contributed by atoms with Crippen LogP contribution in [0.3, 0.4) is 0 Å². The van der Waals surface area contributed by atoms with Crippen molar-refractivity contribution < 1.29 is 57.2 Å². The lowest BCUT2D eigenvalue weighted by molar-refractivity contribution is 0.0658. The quantitative estimate of drug-likeness (QED) is 0.343. The van der Waals surface area contributed by atoms with Crippen LogP contribution in [0.15, 0.2) is 36.4 Å². The minimum absolute atomic E-state index is 0.112. The molecule has 8 nitrogen and oxygen atoms in total. The lowest BCUT2D eigenvalue weighted by Gasteiger charge is -2.05. The van der Waals surface area contributed by atoms with Gasteiger partial charge in [-0.2, -0.15) is 0 Å². The zero-order valence-electron chi connectivity index (χ0n) is 15.4. The van der Waals surface area contributed by atoms with Gasteiger partial charge in [0.1, 0.15) is 11.1 Å². The van der Waals surface area contributed by atoms with Crippen molar-refractivity contribution in [1.29, 1.82) is 0 Å². The molecule has 3 aromatic carbocycles. The average molecular weight is 454 g/mol. The molecule has 32 heavy (non-hydrogen) atoms. The molecule has 0 amide bonds. The molecule has 4 N–H and O–H groups in total. The first-order valence-electron chi connectivity index (χ1n) is 8.20. The van der Waals surface area contributed by atoms with E-state index in [1.165, 1.54) is 12.1 Å². The van der Waals surface area contributed by atoms with Gasteiger partial charge >= 0.3 is 23.9 Å². The first kappa shape index (κ1) is 23.8. The Balaban J connectivity index is 0.000000227. The van der Waals surface area contributed by atoms with Crippen LogP contribution in [0.25, 0.3) is 10.8 Å². The standard InChI is InChI=1S/C12H8O4.C8H2F4O4/c13-11(14)9-5-6-10(12(15)16)8-4-2-1-3-7(8)9;9-3-1(7(13)14)4(10)6(12)2(5(3)11)8(15)16/h1-6H,(H,13,14)(H,15,16);(H,13,14)(H,15,16). The Morgan fingerprint density at radius 1 is 0.500 bits per heavy atom. The first-order valence-corrected chi connectivity index (χ1v) is 8.20. The molecule has 12 heteroatoms. The summed E-state index contributed by atoms with van der Waals surface area (Å²) in [5.74, 6) is -15.7. The van der Waals surface area contributed by atoms with Gasteiger partial charge in [-0.3, -0.25) is 0 Å². The smallest absolute Gasteiger partial charge is 0.341 e. The molecule has 0 heterocycles. The number of halogens is 4. The van der Waals surface area contributed by atoms with Gasteiger partial charge in [-0.15, -0.1) is 0 Å². The summed E-state index contributed by atoms with van der Waals surface area (Å²) in [7, 11) is 0. The van der Waals surface area contributed by atoms with Crippen LogP contribution in [0.4, 0.5) is 17.6 Å². The van der Waals surface area contributed by atoms with Crippen LogP contribution >= 0.6 is 0 Å². The van der Waals surface area contributed by atoms with Gasteiger partial charge in [0.25, 0.3) is 0 Å². The Labute approximate surface area is 174 Å². The van der Waals surface area contributed by atoms with Gasteiger partial charge in [0.15, 0.2) is 23.3 Å². The summed E-state index contributed by atoms with van der Waals surface area (Å²) in [5.41, 5.74) is -3.53. The Morgan fingerprint density at radius 2 is 0.781 bits per heavy atom. The molecular weight excluding hydrogens is 444 g/mol. The minimum atomic E-state index is -2.26. The molecule has 0 aliphatic carbocycles. The fraction of sp³-hybridized carbons (Fsp3) is 0. The largest absolute Gasteiger partial charge is 0.478 e. The van der Waals surface area contributed by atoms with Crippen molar-refractivity contribution in [3.8, 4) is 0 Å². The van der Waals surface area contributed by atoms with Crippen molar-refractivity contribution in [1.82, 2.24) is 0 Å². The SMILES string of the molecule is O=C(O)c1c(F)c(F)c(C(=O)O)c(F)c1F.O=C(O)c1ccc(C(=O)O)c2ccccc12. The van der Waals surface area contributed by atoms with E-state index in [1.54, 1.807) is 24.3 Å². The molecule has 0 aliphatic heterocycles. The molecule has 0 unspecified atom stereocenters. The summed E-state index contributed by atoms with van der Waals surface area (Å²) < 4.78 is 51.6. The summed E-state index contributed by atoms with van der Waals surface area (Å²) in [5, 5.41) is 35.3. The maximum absolute atomic E-state index is 12.9. The predicted molar refractivity (Wildman–Crippen MR) is 98.1 cm³/mol. The number of hydrogen-bond acceptors (Lipinski definition) is 4. The second-order valence-electron chi connectivity index (χ2n) is 5.93. The molecule has 0 aromatic heterocycles. The Kier molecular flexibility index (Phi) is 6.78. The number of fused-ring (bicyclic) bond motifs is 1. The maximum atomic E-state index is 12.9. The Hall–Kier alpha value is -4.48. The highest BCUT2D eigenvalue weighted by atomic mass is 19.2. The number of benzene rings is 3. The monoisotopic (exact) mass is 454 g/mol. The van der Waals surface area contributed by atoms with Crippen molar-refractivity contribution in [2.45, 2.75) is 0 Å². The van der Waals surface area contributed by atoms with Gasteiger partial charge in [-0.05, 0) is 22.9 Å². The van der Waals surface area contributed by atoms with Gasteiger partial charge in [0.2, 0.25) is 0 Å². The van der Waals surface area contributed by atoms with Crippen LogP contribution in [0.1, 0.15) is 41.4 Å². The van der Waals surface area contributed by atoms with Crippen LogP contribution in [-0.2, 0) is 0 Å². The third-order valence-corrected chi connectivity index (χ3v) is 4.08. The molecule has 0 spiro atoms. The van der Waals surface area contributed by atoms with E-state index in [0.29, 0.717) is 10.8 Å². The number of carbonyl (C=O) groups is 4. The van der Waals surface area contributed by atoms with Crippen molar-refractivity contribution >= 4 is 34.6 Å². The van der Waals surface area contributed by atoms with E-state index < -0.39 is 58.3 Å². The van der Waals surface area contributed by atoms with E-state index in [1.807, 2.05) is 0 Å². The lowest BCUT2D eigenvalue weighted by Crippen LogP contribution is -2.15. The highest BCUT2D eigenvalue weighted by molar-refractivity contribution is 6.10. The molecule has 0 saturated carbocycles. The summed E-state index contributed by atoms with van der Waals surface area (Å²) in [6.07, 6.45) is 0. The molecule has 0 radical (unpaired) electrons. The number of aromatic carboxylic acids is 4. The van der Waals surface area contributed by atoms with Crippen LogP contribution in [0.2, 0.25) is 0 Å². The summed E-state index contributed by atoms with van der Waals surface area (Å²) >= 11 is 0. The number of carboxylic acids is 4. The van der Waals surface area contributed by atoms with Gasteiger partial charge in [0.05, 0.1) is 11.1 Å². The van der Waals surface area contributed by atoms with Crippen LogP contribution in [-0.4, -0.2) is 44.3 Å². The molecule has 0 fully saturated rings. The minimum Gasteiger partial charge on any atom is -0.478 e. The summed E-state index contributed by atoms with van der Waals surface area (Å²) in [4.78, 5) is 42.4. The van der Waals surface area contributed by atoms with E-state index in [-0.39, 0.29) is 11.1 Å². The normalized spacial score (nSPS) is 10.2. The highest BCUT2D eigenvalue weighted by Gasteiger charge is 2.32. The van der Waals surface area contributed by atoms with Gasteiger partial charge < -0.3 is 20.4 Å². The first-order chi connectivity index (χ1) is 14.9. The fourth-order valence-electron chi connectivity index (χ4n) is 2.68. The molecule has 0 atom stereocenters. The molecule has 0 saturated heterocycles. The van der Waals surface area contributed by atoms with Crippen molar-refractivity contribution in [2.24, 2.45) is 0 Å². The number of hydrogen-bond donors (Lipinski definition) is 4. The zero-order valence-corrected chi connectivity index (χ0v) is 15.4. The van der Waals surface area contributed by atoms with Crippen LogP contribution in [0, 0.1) is 23.3 Å². The van der Waals surface area contributed by atoms with Crippen LogP contribution < -0.4 is 0 Å². The van der Waals surface area contributed by atoms with E-state index in [9.17, 15) is 36.7 Å². The van der Waals surface area contributed by atoms with Gasteiger partial charge in [-0.25, -0.2) is 36.7 Å². The lowest BCUT2D eigenvalue weighted by atomic mass is 10.00. The zero-order chi connectivity index (χ0) is 24.3. The fourth-order valence-corrected chi connectivity index (χ4v) is 2.68. The number of rotatable bonds is 4. The second kappa shape index (κ2) is 9.12. The summed E-state index contributed by atoms with van der Waals surface area (Å²) in [6, 6.07) is 9.19. The highest BCUT2D eigenvalue weighted by Crippen LogP contribution is 2.24. The third-order valence-electron chi connectivity index (χ3n) is 4.08. The van der Waals surface area contributed by atoms with E-state index >= 15 is 0 Å². The van der Waals surface area contributed by atoms with Crippen molar-refractivity contribution in [3.63, 3.8) is 0 Å². The Bertz CT molecular complexity index is 1160. The average Bonchev–Trinajstić information content (AvgIpc) is 2.71. The molecular formula is C20H10F4O8. The van der Waals surface area contributed by atoms with Gasteiger partial charge in [0, 0.05) is 0 Å². The number of carboxylic acid groups (broad SMARTS) is 4. The van der Waals surface area contributed by atoms with Crippen molar-refractivity contribution in [3.05, 3.63) is 81.9 Å². The predicted octanol–water partition coefficient (Wildman–Crippen LogP) is 3.88. The molecule has 166 valence electrons. The van der Waals surface area contributed by atoms with E-state index in [0.717, 1.165) is 0 Å². The molecule has 0 bridgehead atoms. The topological polar surface area (TPSA) is 149 Å². The van der Waals surface area contributed by atoms with Gasteiger partial charge in [-0.1, -0.05) is 24.3 Å². The van der Waals surface area contributed by atoms with E-state index in [2.05, 4.69) is 0 Å². The molecule has 3 rings (SSSR count). The summed E-state index contributed by atoms with van der Waals surface area (Å²) in [6.45, 7) is 0. The van der Waals surface area contributed by atoms with E-state index in [4.69, 9.17) is 20.4 Å². The van der Waals surface area contributed by atoms with Crippen molar-refractivity contribution in [2.75, 3.05) is 0 Å². The van der Waals surface area contributed by atoms with Crippen LogP contribution in [0.5, 0.6) is 0 Å². The Morgan fingerprint density at radius 3 is 1.00 bits per heavy atom.